The zero-order valence-corrected chi connectivity index (χ0v) is 11.4. The number of benzene rings is 1. The molecule has 0 saturated heterocycles. The van der Waals surface area contributed by atoms with Gasteiger partial charge in [0.25, 0.3) is 0 Å². The van der Waals surface area contributed by atoms with Crippen LogP contribution in [0.25, 0.3) is 0 Å². The van der Waals surface area contributed by atoms with Gasteiger partial charge < -0.3 is 9.64 Å². The maximum atomic E-state index is 11.7. The van der Waals surface area contributed by atoms with Gasteiger partial charge in [-0.15, -0.1) is 0 Å². The summed E-state index contributed by atoms with van der Waals surface area (Å²) >= 11 is 0. The van der Waals surface area contributed by atoms with Crippen LogP contribution in [0.5, 0.6) is 0 Å². The molecule has 0 spiro atoms. The second-order valence-electron chi connectivity index (χ2n) is 4.63. The zero-order chi connectivity index (χ0) is 13.9. The third kappa shape index (κ3) is 2.25. The van der Waals surface area contributed by atoms with Crippen LogP contribution >= 0.6 is 0 Å². The Morgan fingerprint density at radius 2 is 2.15 bits per heavy atom. The molecule has 0 amide bonds. The highest BCUT2D eigenvalue weighted by molar-refractivity contribution is 6.02. The van der Waals surface area contributed by atoms with Gasteiger partial charge in [-0.25, -0.2) is 4.79 Å². The molecule has 0 unspecified atom stereocenters. The predicted molar refractivity (Wildman–Crippen MR) is 77.4 cm³/mol. The van der Waals surface area contributed by atoms with Crippen LogP contribution in [0.4, 0.5) is 0 Å². The highest BCUT2D eigenvalue weighted by atomic mass is 16.5. The average Bonchev–Trinajstić information content (AvgIpc) is 2.91. The summed E-state index contributed by atoms with van der Waals surface area (Å²) in [7, 11) is 0. The van der Waals surface area contributed by atoms with E-state index in [9.17, 15) is 4.79 Å². The number of nitrogens with zero attached hydrogens (tertiary/aromatic N) is 2. The van der Waals surface area contributed by atoms with Crippen LogP contribution < -0.4 is 0 Å². The number of esters is 1. The van der Waals surface area contributed by atoms with E-state index in [1.165, 1.54) is 0 Å². The molecule has 3 rings (SSSR count). The number of amidine groups is 1. The first kappa shape index (κ1) is 12.7. The van der Waals surface area contributed by atoms with Crippen LogP contribution in [0.2, 0.25) is 0 Å². The van der Waals surface area contributed by atoms with E-state index in [0.717, 1.165) is 17.1 Å². The van der Waals surface area contributed by atoms with Gasteiger partial charge in [-0.05, 0) is 13.0 Å². The van der Waals surface area contributed by atoms with Crippen LogP contribution in [-0.4, -0.2) is 36.4 Å². The Morgan fingerprint density at radius 3 is 2.90 bits per heavy atom. The second kappa shape index (κ2) is 5.33. The number of hydrogen-bond acceptors (Lipinski definition) is 4. The highest BCUT2D eigenvalue weighted by Crippen LogP contribution is 2.24. The van der Waals surface area contributed by atoms with E-state index in [4.69, 9.17) is 4.74 Å². The fourth-order valence-electron chi connectivity index (χ4n) is 2.41. The molecule has 0 bridgehead atoms. The SMILES string of the molecule is CCOC(=O)C1=CCN2C(=C1)CN=C2c1ccccc1. The molecule has 4 nitrogen and oxygen atoms in total. The summed E-state index contributed by atoms with van der Waals surface area (Å²) in [5, 5.41) is 0. The second-order valence-corrected chi connectivity index (χ2v) is 4.63. The molecule has 0 saturated carbocycles. The molecule has 20 heavy (non-hydrogen) atoms. The first-order valence-corrected chi connectivity index (χ1v) is 6.75. The fourth-order valence-corrected chi connectivity index (χ4v) is 2.41. The summed E-state index contributed by atoms with van der Waals surface area (Å²) < 4.78 is 5.03. The lowest BCUT2D eigenvalue weighted by Gasteiger charge is -2.24. The first-order chi connectivity index (χ1) is 9.79. The smallest absolute Gasteiger partial charge is 0.337 e. The van der Waals surface area contributed by atoms with Crippen molar-refractivity contribution in [2.75, 3.05) is 19.7 Å². The number of carbonyl (C=O) groups is 1. The van der Waals surface area contributed by atoms with Crippen molar-refractivity contribution in [1.82, 2.24) is 4.90 Å². The average molecular weight is 268 g/mol. The molecule has 0 atom stereocenters. The van der Waals surface area contributed by atoms with Crippen LogP contribution in [0.15, 0.2) is 58.7 Å². The van der Waals surface area contributed by atoms with Crippen molar-refractivity contribution in [2.45, 2.75) is 6.92 Å². The molecule has 0 radical (unpaired) electrons. The van der Waals surface area contributed by atoms with Crippen molar-refractivity contribution in [3.8, 4) is 0 Å². The molecule has 0 N–H and O–H groups in total. The quantitative estimate of drug-likeness (QED) is 0.789. The van der Waals surface area contributed by atoms with E-state index in [1.54, 1.807) is 0 Å². The normalized spacial score (nSPS) is 17.1. The molecule has 2 aliphatic rings. The lowest BCUT2D eigenvalue weighted by molar-refractivity contribution is -0.138. The van der Waals surface area contributed by atoms with Crippen LogP contribution in [0.1, 0.15) is 12.5 Å². The van der Waals surface area contributed by atoms with E-state index < -0.39 is 0 Å². The van der Waals surface area contributed by atoms with Gasteiger partial charge in [0.05, 0.1) is 18.7 Å². The summed E-state index contributed by atoms with van der Waals surface area (Å²) in [6, 6.07) is 10.1. The molecule has 1 aromatic rings. The summed E-state index contributed by atoms with van der Waals surface area (Å²) in [6.45, 7) is 3.48. The van der Waals surface area contributed by atoms with Crippen molar-refractivity contribution >= 4 is 11.8 Å². The molecular weight excluding hydrogens is 252 g/mol. The minimum absolute atomic E-state index is 0.257. The van der Waals surface area contributed by atoms with Crippen LogP contribution in [0.3, 0.4) is 0 Å². The molecule has 2 heterocycles. The van der Waals surface area contributed by atoms with Crippen LogP contribution in [0, 0.1) is 0 Å². The minimum atomic E-state index is -0.257. The lowest BCUT2D eigenvalue weighted by Crippen LogP contribution is -2.30. The molecule has 1 aromatic carbocycles. The van der Waals surface area contributed by atoms with Gasteiger partial charge in [0.1, 0.15) is 5.84 Å². The van der Waals surface area contributed by atoms with Crippen molar-refractivity contribution < 1.29 is 9.53 Å². The number of aliphatic imine (C=N–C) groups is 1. The standard InChI is InChI=1S/C16H16N2O2/c1-2-20-16(19)13-8-9-18-14(10-13)11-17-15(18)12-6-4-3-5-7-12/h3-8,10H,2,9,11H2,1H3. The van der Waals surface area contributed by atoms with E-state index in [2.05, 4.69) is 9.89 Å². The van der Waals surface area contributed by atoms with E-state index >= 15 is 0 Å². The van der Waals surface area contributed by atoms with Gasteiger partial charge in [0.2, 0.25) is 0 Å². The largest absolute Gasteiger partial charge is 0.462 e. The lowest BCUT2D eigenvalue weighted by atomic mass is 10.1. The molecule has 102 valence electrons. The Bertz CT molecular complexity index is 615. The van der Waals surface area contributed by atoms with Crippen molar-refractivity contribution in [3.63, 3.8) is 0 Å². The third-order valence-corrected chi connectivity index (χ3v) is 3.35. The fraction of sp³-hybridized carbons (Fsp3) is 0.250. The first-order valence-electron chi connectivity index (χ1n) is 6.75. The molecular formula is C16H16N2O2. The third-order valence-electron chi connectivity index (χ3n) is 3.35. The maximum absolute atomic E-state index is 11.7. The summed E-state index contributed by atoms with van der Waals surface area (Å²) in [5.74, 6) is 0.712. The number of ether oxygens (including phenoxy) is 1. The van der Waals surface area contributed by atoms with E-state index in [1.807, 2.05) is 49.4 Å². The Hall–Kier alpha value is -2.36. The van der Waals surface area contributed by atoms with Gasteiger partial charge in [0, 0.05) is 17.8 Å². The Labute approximate surface area is 118 Å². The van der Waals surface area contributed by atoms with E-state index in [-0.39, 0.29) is 5.97 Å². The summed E-state index contributed by atoms with van der Waals surface area (Å²) in [6.07, 6.45) is 3.77. The van der Waals surface area contributed by atoms with Gasteiger partial charge in [-0.3, -0.25) is 4.99 Å². The van der Waals surface area contributed by atoms with Crippen molar-refractivity contribution in [3.05, 3.63) is 59.3 Å². The highest BCUT2D eigenvalue weighted by Gasteiger charge is 2.26. The number of fused-ring (bicyclic) bond motifs is 1. The monoisotopic (exact) mass is 268 g/mol. The maximum Gasteiger partial charge on any atom is 0.337 e. The summed E-state index contributed by atoms with van der Waals surface area (Å²) in [5.41, 5.74) is 2.78. The molecule has 4 heteroatoms. The van der Waals surface area contributed by atoms with Gasteiger partial charge in [-0.2, -0.15) is 0 Å². The molecule has 0 aliphatic carbocycles. The van der Waals surface area contributed by atoms with Gasteiger partial charge in [-0.1, -0.05) is 36.4 Å². The van der Waals surface area contributed by atoms with Gasteiger partial charge >= 0.3 is 5.97 Å². The number of rotatable bonds is 3. The summed E-state index contributed by atoms with van der Waals surface area (Å²) in [4.78, 5) is 18.5. The Kier molecular flexibility index (Phi) is 3.37. The number of hydrogen-bond donors (Lipinski definition) is 0. The predicted octanol–water partition coefficient (Wildman–Crippen LogP) is 2.14. The van der Waals surface area contributed by atoms with Gasteiger partial charge in [0.15, 0.2) is 0 Å². The van der Waals surface area contributed by atoms with Crippen LogP contribution in [-0.2, 0) is 9.53 Å². The topological polar surface area (TPSA) is 41.9 Å². The van der Waals surface area contributed by atoms with E-state index in [0.29, 0.717) is 25.3 Å². The van der Waals surface area contributed by atoms with Crippen molar-refractivity contribution in [2.24, 2.45) is 4.99 Å². The van der Waals surface area contributed by atoms with Crippen molar-refractivity contribution in [1.29, 1.82) is 0 Å². The Morgan fingerprint density at radius 1 is 1.35 bits per heavy atom. The Balaban J connectivity index is 1.80. The zero-order valence-electron chi connectivity index (χ0n) is 11.4. The molecule has 0 fully saturated rings. The minimum Gasteiger partial charge on any atom is -0.462 e. The molecule has 0 aromatic heterocycles. The number of carbonyl (C=O) groups excluding carboxylic acids is 1. The molecule has 2 aliphatic heterocycles.